The quantitative estimate of drug-likeness (QED) is 0.730. The summed E-state index contributed by atoms with van der Waals surface area (Å²) in [7, 11) is 1.58. The number of carbonyl (C=O) groups excluding carboxylic acids is 1. The third-order valence-electron chi connectivity index (χ3n) is 3.34. The molecule has 2 aromatic carbocycles. The lowest BCUT2D eigenvalue weighted by atomic mass is 10.2. The van der Waals surface area contributed by atoms with Gasteiger partial charge in [-0.2, -0.15) is 0 Å². The van der Waals surface area contributed by atoms with Crippen molar-refractivity contribution >= 4 is 22.6 Å². The molecular formula is C18H15NO5. The summed E-state index contributed by atoms with van der Waals surface area (Å²) in [4.78, 5) is 23.1. The van der Waals surface area contributed by atoms with Crippen LogP contribution in [0.2, 0.25) is 0 Å². The zero-order valence-electron chi connectivity index (χ0n) is 12.9. The lowest BCUT2D eigenvalue weighted by Gasteiger charge is -2.08. The Morgan fingerprint density at radius 3 is 2.50 bits per heavy atom. The minimum absolute atomic E-state index is 0.158. The van der Waals surface area contributed by atoms with Crippen LogP contribution in [0.3, 0.4) is 0 Å². The van der Waals surface area contributed by atoms with Crippen molar-refractivity contribution < 1.29 is 18.7 Å². The Morgan fingerprint density at radius 2 is 1.75 bits per heavy atom. The number of carbonyl (C=O) groups is 1. The summed E-state index contributed by atoms with van der Waals surface area (Å²) in [6.45, 7) is -0.158. The van der Waals surface area contributed by atoms with Crippen molar-refractivity contribution in [3.05, 3.63) is 65.0 Å². The van der Waals surface area contributed by atoms with Gasteiger partial charge in [-0.15, -0.1) is 0 Å². The van der Waals surface area contributed by atoms with E-state index in [9.17, 15) is 9.59 Å². The number of rotatable bonds is 5. The van der Waals surface area contributed by atoms with Crippen molar-refractivity contribution in [2.24, 2.45) is 0 Å². The molecule has 0 bridgehead atoms. The van der Waals surface area contributed by atoms with E-state index in [0.29, 0.717) is 22.8 Å². The van der Waals surface area contributed by atoms with Crippen LogP contribution in [0.25, 0.3) is 11.0 Å². The van der Waals surface area contributed by atoms with Crippen LogP contribution in [0.1, 0.15) is 0 Å². The Labute approximate surface area is 137 Å². The van der Waals surface area contributed by atoms with Crippen LogP contribution in [0.5, 0.6) is 11.5 Å². The van der Waals surface area contributed by atoms with Crippen molar-refractivity contribution in [3.8, 4) is 11.5 Å². The highest BCUT2D eigenvalue weighted by atomic mass is 16.5. The van der Waals surface area contributed by atoms with Crippen LogP contribution in [0, 0.1) is 0 Å². The zero-order chi connectivity index (χ0) is 16.9. The fourth-order valence-corrected chi connectivity index (χ4v) is 2.15. The third kappa shape index (κ3) is 3.73. The van der Waals surface area contributed by atoms with E-state index in [1.807, 2.05) is 0 Å². The van der Waals surface area contributed by atoms with Crippen LogP contribution in [0.4, 0.5) is 5.69 Å². The van der Waals surface area contributed by atoms with Gasteiger partial charge in [-0.05, 0) is 42.5 Å². The lowest BCUT2D eigenvalue weighted by molar-refractivity contribution is -0.118. The summed E-state index contributed by atoms with van der Waals surface area (Å²) in [6.07, 6.45) is 0. The topological polar surface area (TPSA) is 77.8 Å². The standard InChI is InChI=1S/C18H15NO5/c1-22-14-7-4-13(5-8-14)19-17(20)11-23-15-6-2-12-3-9-18(21)24-16(12)10-15/h2-10H,11H2,1H3,(H,19,20). The molecule has 24 heavy (non-hydrogen) atoms. The summed E-state index contributed by atoms with van der Waals surface area (Å²) in [5, 5.41) is 3.50. The summed E-state index contributed by atoms with van der Waals surface area (Å²) in [5.74, 6) is 0.860. The highest BCUT2D eigenvalue weighted by molar-refractivity contribution is 5.92. The SMILES string of the molecule is COc1ccc(NC(=O)COc2ccc3ccc(=O)oc3c2)cc1. The van der Waals surface area contributed by atoms with Gasteiger partial charge in [0.1, 0.15) is 17.1 Å². The van der Waals surface area contributed by atoms with Gasteiger partial charge >= 0.3 is 5.63 Å². The smallest absolute Gasteiger partial charge is 0.336 e. The van der Waals surface area contributed by atoms with Gasteiger partial charge in [0.25, 0.3) is 5.91 Å². The van der Waals surface area contributed by atoms with Gasteiger partial charge in [0.2, 0.25) is 0 Å². The lowest BCUT2D eigenvalue weighted by Crippen LogP contribution is -2.20. The van der Waals surface area contributed by atoms with Crippen molar-refractivity contribution in [1.82, 2.24) is 0 Å². The van der Waals surface area contributed by atoms with E-state index < -0.39 is 5.63 Å². The van der Waals surface area contributed by atoms with Gasteiger partial charge in [-0.3, -0.25) is 4.79 Å². The molecule has 3 aromatic rings. The number of nitrogens with one attached hydrogen (secondary N) is 1. The minimum atomic E-state index is -0.433. The highest BCUT2D eigenvalue weighted by Crippen LogP contribution is 2.19. The van der Waals surface area contributed by atoms with Crippen molar-refractivity contribution in [2.75, 3.05) is 19.0 Å². The van der Waals surface area contributed by atoms with E-state index in [0.717, 1.165) is 5.39 Å². The fraction of sp³-hybridized carbons (Fsp3) is 0.111. The Kier molecular flexibility index (Phi) is 4.47. The van der Waals surface area contributed by atoms with Gasteiger partial charge in [0.05, 0.1) is 7.11 Å². The largest absolute Gasteiger partial charge is 0.497 e. The molecule has 3 rings (SSSR count). The molecule has 1 heterocycles. The van der Waals surface area contributed by atoms with Crippen LogP contribution in [-0.4, -0.2) is 19.6 Å². The van der Waals surface area contributed by atoms with Crippen LogP contribution in [-0.2, 0) is 4.79 Å². The summed E-state index contributed by atoms with van der Waals surface area (Å²) in [6, 6.07) is 15.0. The molecule has 0 saturated carbocycles. The van der Waals surface area contributed by atoms with E-state index in [1.54, 1.807) is 55.6 Å². The molecule has 0 aliphatic carbocycles. The molecule has 122 valence electrons. The van der Waals surface area contributed by atoms with Crippen molar-refractivity contribution in [3.63, 3.8) is 0 Å². The normalized spacial score (nSPS) is 10.4. The van der Waals surface area contributed by atoms with Crippen molar-refractivity contribution in [2.45, 2.75) is 0 Å². The number of fused-ring (bicyclic) bond motifs is 1. The number of benzene rings is 2. The Balaban J connectivity index is 1.62. The average molecular weight is 325 g/mol. The molecule has 0 atom stereocenters. The molecule has 1 amide bonds. The van der Waals surface area contributed by atoms with Crippen LogP contribution in [0.15, 0.2) is 63.8 Å². The molecule has 6 heteroatoms. The van der Waals surface area contributed by atoms with Gasteiger partial charge < -0.3 is 19.2 Å². The molecule has 0 aliphatic heterocycles. The van der Waals surface area contributed by atoms with E-state index >= 15 is 0 Å². The first-order valence-electron chi connectivity index (χ1n) is 7.25. The Morgan fingerprint density at radius 1 is 1.04 bits per heavy atom. The molecule has 0 fully saturated rings. The summed E-state index contributed by atoms with van der Waals surface area (Å²) in [5.41, 5.74) is 0.626. The molecule has 0 saturated heterocycles. The second kappa shape index (κ2) is 6.87. The van der Waals surface area contributed by atoms with Gasteiger partial charge in [-0.1, -0.05) is 0 Å². The Hall–Kier alpha value is -3.28. The molecule has 6 nitrogen and oxygen atoms in total. The maximum Gasteiger partial charge on any atom is 0.336 e. The molecule has 0 aliphatic rings. The number of anilines is 1. The average Bonchev–Trinajstić information content (AvgIpc) is 2.60. The highest BCUT2D eigenvalue weighted by Gasteiger charge is 2.06. The van der Waals surface area contributed by atoms with Crippen LogP contribution < -0.4 is 20.4 Å². The Bertz CT molecular complexity index is 915. The molecule has 0 spiro atoms. The second-order valence-electron chi connectivity index (χ2n) is 5.02. The van der Waals surface area contributed by atoms with Crippen LogP contribution >= 0.6 is 0 Å². The summed E-state index contributed by atoms with van der Waals surface area (Å²) < 4.78 is 15.6. The predicted octanol–water partition coefficient (Wildman–Crippen LogP) is 2.82. The van der Waals surface area contributed by atoms with Gasteiger partial charge in [0, 0.05) is 23.2 Å². The number of hydrogen-bond donors (Lipinski definition) is 1. The van der Waals surface area contributed by atoms with Crippen molar-refractivity contribution in [1.29, 1.82) is 0 Å². The fourth-order valence-electron chi connectivity index (χ4n) is 2.15. The van der Waals surface area contributed by atoms with E-state index in [4.69, 9.17) is 13.9 Å². The van der Waals surface area contributed by atoms with E-state index in [-0.39, 0.29) is 12.5 Å². The first-order valence-corrected chi connectivity index (χ1v) is 7.25. The summed E-state index contributed by atoms with van der Waals surface area (Å²) >= 11 is 0. The third-order valence-corrected chi connectivity index (χ3v) is 3.34. The first kappa shape index (κ1) is 15.6. The maximum absolute atomic E-state index is 11.9. The maximum atomic E-state index is 11.9. The molecule has 0 radical (unpaired) electrons. The van der Waals surface area contributed by atoms with Gasteiger partial charge in [-0.25, -0.2) is 4.79 Å². The predicted molar refractivity (Wildman–Crippen MR) is 89.6 cm³/mol. The number of ether oxygens (including phenoxy) is 2. The molecule has 0 unspecified atom stereocenters. The minimum Gasteiger partial charge on any atom is -0.497 e. The van der Waals surface area contributed by atoms with E-state index in [1.165, 1.54) is 6.07 Å². The monoisotopic (exact) mass is 325 g/mol. The molecule has 1 aromatic heterocycles. The molecular weight excluding hydrogens is 310 g/mol. The van der Waals surface area contributed by atoms with Gasteiger partial charge in [0.15, 0.2) is 6.61 Å². The number of amides is 1. The zero-order valence-corrected chi connectivity index (χ0v) is 12.9. The second-order valence-corrected chi connectivity index (χ2v) is 5.02. The number of hydrogen-bond acceptors (Lipinski definition) is 5. The molecule has 1 N–H and O–H groups in total. The first-order chi connectivity index (χ1) is 11.6. The number of methoxy groups -OCH3 is 1. The van der Waals surface area contributed by atoms with E-state index in [2.05, 4.69) is 5.32 Å².